The first-order valence-corrected chi connectivity index (χ1v) is 19.4. The Morgan fingerprint density at radius 3 is 0.838 bits per heavy atom. The second-order valence-corrected chi connectivity index (χ2v) is 15.8. The summed E-state index contributed by atoms with van der Waals surface area (Å²) in [6.45, 7) is 0. The SMILES string of the molecule is FC(F)(F)c1cc(C(F)(F)F)c2c(c1)c1ccc(C(F)(F)F)cc1n2-c1cnc(C(F)(F)C(F)(F)C(F)(F)C(F)(F)c2ncc(-n3c4cc(C(F)(F)F)ccc4c4cc(C(F)(F)F)cc(C(F)(F)F)c43)cn2)nc1. The monoisotopic (exact) mass is 1100 g/mol. The zero-order valence-electron chi connectivity index (χ0n) is 34.6. The van der Waals surface area contributed by atoms with E-state index in [0.717, 1.165) is 0 Å². The lowest BCUT2D eigenvalue weighted by atomic mass is 9.97. The van der Waals surface area contributed by atoms with Gasteiger partial charge in [-0.25, -0.2) is 19.9 Å². The van der Waals surface area contributed by atoms with Crippen LogP contribution in [0.25, 0.3) is 55.0 Å². The Hall–Kier alpha value is -7.18. The summed E-state index contributed by atoms with van der Waals surface area (Å²) in [6, 6.07) is 0.387. The number of nitrogens with zero attached hydrogens (tertiary/aromatic N) is 6. The Bertz CT molecular complexity index is 3280. The second kappa shape index (κ2) is 16.2. The fraction of sp³-hybridized carbons (Fsp3) is 0.238. The lowest BCUT2D eigenvalue weighted by molar-refractivity contribution is -0.377. The highest BCUT2D eigenvalue weighted by atomic mass is 19.4. The number of hydrogen-bond donors (Lipinski definition) is 0. The molecule has 0 radical (unpaired) electrons. The fourth-order valence-electron chi connectivity index (χ4n) is 7.81. The van der Waals surface area contributed by atoms with E-state index >= 15 is 35.1 Å². The van der Waals surface area contributed by atoms with Crippen LogP contribution in [-0.2, 0) is 48.9 Å². The first-order valence-electron chi connectivity index (χ1n) is 19.4. The third-order valence-corrected chi connectivity index (χ3v) is 11.2. The zero-order valence-corrected chi connectivity index (χ0v) is 34.6. The molecule has 394 valence electrons. The molecule has 0 unspecified atom stereocenters. The van der Waals surface area contributed by atoms with E-state index in [2.05, 4.69) is 19.9 Å². The lowest BCUT2D eigenvalue weighted by Gasteiger charge is -2.35. The number of benzene rings is 4. The molecule has 0 saturated carbocycles. The van der Waals surface area contributed by atoms with Gasteiger partial charge in [-0.1, -0.05) is 12.1 Å². The van der Waals surface area contributed by atoms with Gasteiger partial charge in [-0.2, -0.15) is 114 Å². The number of aromatic nitrogens is 6. The van der Waals surface area contributed by atoms with Crippen LogP contribution < -0.4 is 0 Å². The largest absolute Gasteiger partial charge is 0.418 e. The Balaban J connectivity index is 1.22. The highest BCUT2D eigenvalue weighted by molar-refractivity contribution is 6.12. The minimum atomic E-state index is -7.47. The van der Waals surface area contributed by atoms with Gasteiger partial charge in [0.15, 0.2) is 0 Å². The van der Waals surface area contributed by atoms with Crippen LogP contribution in [-0.4, -0.2) is 40.9 Å². The molecule has 0 saturated heterocycles. The van der Waals surface area contributed by atoms with Crippen LogP contribution in [0.1, 0.15) is 45.0 Å². The summed E-state index contributed by atoms with van der Waals surface area (Å²) in [6.07, 6.45) is -34.3. The summed E-state index contributed by atoms with van der Waals surface area (Å²) >= 11 is 0. The van der Waals surface area contributed by atoms with Crippen molar-refractivity contribution >= 4 is 43.6 Å². The maximum Gasteiger partial charge on any atom is 0.418 e. The lowest BCUT2D eigenvalue weighted by Crippen LogP contribution is -2.60. The van der Waals surface area contributed by atoms with Crippen LogP contribution in [0.4, 0.5) is 114 Å². The number of halogens is 26. The normalized spacial score (nSPS) is 14.4. The van der Waals surface area contributed by atoms with Gasteiger partial charge in [-0.3, -0.25) is 0 Å². The standard InChI is InChI=1S/C42H14F26N6/c43-33(44,31-69-11-19(12-70-31)73-27-9-15(35(47,48)49)1-3-21(27)23-5-17(37(53,54)55)7-25(29(23)73)39(59,60)61)41(65,66)42(67,68)34(45,46)32-71-13-20(14-72-32)74-28-10-16(36(50,51)52)2-4-22(28)24-6-18(38(56,57)58)8-26(30(24)74)40(62,63)64/h1-14H. The van der Waals surface area contributed by atoms with Gasteiger partial charge in [0.05, 0.1) is 91.6 Å². The summed E-state index contributed by atoms with van der Waals surface area (Å²) in [7, 11) is 0. The molecule has 8 rings (SSSR count). The van der Waals surface area contributed by atoms with Crippen LogP contribution in [0.2, 0.25) is 0 Å². The van der Waals surface area contributed by atoms with Crippen LogP contribution in [0, 0.1) is 0 Å². The molecule has 74 heavy (non-hydrogen) atoms. The predicted molar refractivity (Wildman–Crippen MR) is 200 cm³/mol. The van der Waals surface area contributed by atoms with Gasteiger partial charge < -0.3 is 9.13 Å². The van der Waals surface area contributed by atoms with Crippen LogP contribution in [0.5, 0.6) is 0 Å². The van der Waals surface area contributed by atoms with E-state index in [1.807, 2.05) is 0 Å². The Labute approximate surface area is 389 Å². The summed E-state index contributed by atoms with van der Waals surface area (Å²) in [5, 5.41) is -3.85. The minimum Gasteiger partial charge on any atom is -0.306 e. The van der Waals surface area contributed by atoms with E-state index in [4.69, 9.17) is 0 Å². The predicted octanol–water partition coefficient (Wildman–Crippen LogP) is 15.7. The molecule has 0 aliphatic carbocycles. The third kappa shape index (κ3) is 8.35. The molecule has 4 aromatic heterocycles. The first-order chi connectivity index (χ1) is 33.5. The van der Waals surface area contributed by atoms with E-state index in [0.29, 0.717) is 12.1 Å². The van der Waals surface area contributed by atoms with Crippen molar-refractivity contribution in [3.8, 4) is 11.4 Å². The average molecular weight is 1100 g/mol. The van der Waals surface area contributed by atoms with E-state index in [1.165, 1.54) is 0 Å². The molecule has 4 heterocycles. The van der Waals surface area contributed by atoms with Crippen molar-refractivity contribution in [2.24, 2.45) is 0 Å². The number of rotatable bonds is 7. The topological polar surface area (TPSA) is 61.4 Å². The molecule has 0 N–H and O–H groups in total. The molecule has 0 bridgehead atoms. The molecule has 0 atom stereocenters. The summed E-state index contributed by atoms with van der Waals surface area (Å²) in [5.41, 5.74) is -19.5. The first kappa shape index (κ1) is 53.1. The quantitative estimate of drug-likeness (QED) is 0.149. The molecule has 0 spiro atoms. The number of fused-ring (bicyclic) bond motifs is 6. The molecule has 4 aromatic carbocycles. The zero-order chi connectivity index (χ0) is 55.3. The average Bonchev–Trinajstić information content (AvgIpc) is 3.78. The number of alkyl halides is 26. The van der Waals surface area contributed by atoms with Gasteiger partial charge >= 0.3 is 60.7 Å². The Morgan fingerprint density at radius 2 is 0.581 bits per heavy atom. The van der Waals surface area contributed by atoms with Crippen molar-refractivity contribution in [2.75, 3.05) is 0 Å². The van der Waals surface area contributed by atoms with Gasteiger partial charge in [0.1, 0.15) is 0 Å². The molecule has 0 aliphatic rings. The van der Waals surface area contributed by atoms with Crippen LogP contribution in [0.15, 0.2) is 85.5 Å². The molecule has 32 heteroatoms. The second-order valence-electron chi connectivity index (χ2n) is 15.8. The highest BCUT2D eigenvalue weighted by Gasteiger charge is 2.83. The van der Waals surface area contributed by atoms with Gasteiger partial charge in [-0.15, -0.1) is 0 Å². The van der Waals surface area contributed by atoms with Gasteiger partial charge in [-0.05, 0) is 48.5 Å². The maximum atomic E-state index is 15.6. The van der Waals surface area contributed by atoms with Crippen molar-refractivity contribution in [1.82, 2.24) is 29.1 Å². The van der Waals surface area contributed by atoms with Gasteiger partial charge in [0.2, 0.25) is 11.6 Å². The molecule has 8 aromatic rings. The van der Waals surface area contributed by atoms with E-state index in [9.17, 15) is 79.0 Å². The number of hydrogen-bond acceptors (Lipinski definition) is 4. The maximum absolute atomic E-state index is 15.6. The molecular weight excluding hydrogens is 1080 g/mol. The molecule has 0 amide bonds. The Kier molecular flexibility index (Phi) is 11.6. The summed E-state index contributed by atoms with van der Waals surface area (Å²) < 4.78 is 375. The summed E-state index contributed by atoms with van der Waals surface area (Å²) in [4.78, 5) is 10.6. The third-order valence-electron chi connectivity index (χ3n) is 11.2. The Morgan fingerprint density at radius 1 is 0.297 bits per heavy atom. The van der Waals surface area contributed by atoms with E-state index < -0.39 is 173 Å². The van der Waals surface area contributed by atoms with Crippen molar-refractivity contribution < 1.29 is 114 Å². The van der Waals surface area contributed by atoms with Crippen molar-refractivity contribution in [1.29, 1.82) is 0 Å². The van der Waals surface area contributed by atoms with E-state index in [-0.39, 0.29) is 70.3 Å². The highest BCUT2D eigenvalue weighted by Crippen LogP contribution is 2.58. The summed E-state index contributed by atoms with van der Waals surface area (Å²) in [5.74, 6) is -34.2. The minimum absolute atomic E-state index is 0.00494. The molecule has 0 aliphatic heterocycles. The smallest absolute Gasteiger partial charge is 0.306 e. The van der Waals surface area contributed by atoms with Gasteiger partial charge in [0.25, 0.3) is 0 Å². The van der Waals surface area contributed by atoms with Crippen LogP contribution in [0.3, 0.4) is 0 Å². The van der Waals surface area contributed by atoms with Crippen molar-refractivity contribution in [3.05, 3.63) is 130 Å². The molecule has 0 fully saturated rings. The van der Waals surface area contributed by atoms with E-state index in [1.54, 1.807) is 0 Å². The van der Waals surface area contributed by atoms with Crippen molar-refractivity contribution in [2.45, 2.75) is 60.7 Å². The molecular formula is C42H14F26N6. The van der Waals surface area contributed by atoms with Crippen molar-refractivity contribution in [3.63, 3.8) is 0 Å². The van der Waals surface area contributed by atoms with Crippen LogP contribution >= 0.6 is 0 Å². The molecule has 6 nitrogen and oxygen atoms in total. The fourth-order valence-corrected chi connectivity index (χ4v) is 7.81. The van der Waals surface area contributed by atoms with Gasteiger partial charge in [0, 0.05) is 21.5 Å².